The molecule has 0 heterocycles. The first-order valence-electron chi connectivity index (χ1n) is 12.6. The van der Waals surface area contributed by atoms with E-state index in [9.17, 15) is 4.79 Å². The van der Waals surface area contributed by atoms with Crippen LogP contribution in [-0.4, -0.2) is 20.2 Å². The first kappa shape index (κ1) is 24.2. The molecule has 3 heteroatoms. The molecule has 2 aromatic carbocycles. The van der Waals surface area contributed by atoms with Crippen LogP contribution in [-0.2, 0) is 9.22 Å². The summed E-state index contributed by atoms with van der Waals surface area (Å²) in [7, 11) is -2.65. The Morgan fingerprint density at radius 2 is 1.52 bits per heavy atom. The van der Waals surface area contributed by atoms with Crippen molar-refractivity contribution < 1.29 is 9.22 Å². The monoisotopic (exact) mass is 460 g/mol. The molecule has 0 aromatic heterocycles. The lowest BCUT2D eigenvalue weighted by Crippen LogP contribution is -2.69. The number of hydrogen-bond donors (Lipinski definition) is 0. The fourth-order valence-corrected chi connectivity index (χ4v) is 11.5. The summed E-state index contributed by atoms with van der Waals surface area (Å²) in [4.78, 5) is 13.2. The van der Waals surface area contributed by atoms with Gasteiger partial charge in [-0.25, -0.2) is 0 Å². The second-order valence-corrected chi connectivity index (χ2v) is 16.0. The number of benzene rings is 2. The second-order valence-electron chi connectivity index (χ2n) is 11.7. The molecule has 0 radical (unpaired) electrons. The van der Waals surface area contributed by atoms with Crippen LogP contribution in [0.2, 0.25) is 5.04 Å². The van der Waals surface area contributed by atoms with Crippen LogP contribution in [0.5, 0.6) is 0 Å². The third-order valence-corrected chi connectivity index (χ3v) is 13.2. The van der Waals surface area contributed by atoms with Crippen LogP contribution in [0.4, 0.5) is 0 Å². The Morgan fingerprint density at radius 1 is 0.970 bits per heavy atom. The van der Waals surface area contributed by atoms with E-state index in [1.54, 1.807) is 0 Å². The fourth-order valence-electron chi connectivity index (χ4n) is 6.72. The number of carbonyl (C=O) groups excluding carboxylic acids is 1. The van der Waals surface area contributed by atoms with Gasteiger partial charge in [-0.1, -0.05) is 100 Å². The molecule has 0 amide bonds. The van der Waals surface area contributed by atoms with Crippen molar-refractivity contribution in [2.75, 3.05) is 0 Å². The van der Waals surface area contributed by atoms with Gasteiger partial charge in [0.1, 0.15) is 5.78 Å². The van der Waals surface area contributed by atoms with Gasteiger partial charge < -0.3 is 4.43 Å². The standard InChI is InChI=1S/C30H40O2Si/c1-22(2)21-23-19-20-30(6)27(18-17-26(31)28(23)30)32-33(29(3,4)5,24-13-9-7-10-14-24)25-15-11-8-12-16-25/h7-16,21,23,27-28H,17-20H2,1-6H3/t23-,27-,28+,30+/m0/s1. The zero-order valence-corrected chi connectivity index (χ0v) is 22.2. The molecule has 176 valence electrons. The number of allylic oxidation sites excluding steroid dienone is 2. The zero-order valence-electron chi connectivity index (χ0n) is 21.2. The summed E-state index contributed by atoms with van der Waals surface area (Å²) in [5.74, 6) is 0.863. The summed E-state index contributed by atoms with van der Waals surface area (Å²) >= 11 is 0. The van der Waals surface area contributed by atoms with Crippen molar-refractivity contribution in [1.29, 1.82) is 0 Å². The highest BCUT2D eigenvalue weighted by Crippen LogP contribution is 2.56. The van der Waals surface area contributed by atoms with Crippen molar-refractivity contribution in [3.05, 3.63) is 72.3 Å². The lowest BCUT2D eigenvalue weighted by atomic mass is 9.65. The maximum absolute atomic E-state index is 13.2. The smallest absolute Gasteiger partial charge is 0.261 e. The first-order valence-corrected chi connectivity index (χ1v) is 14.5. The molecule has 0 N–H and O–H groups in total. The molecule has 0 saturated heterocycles. The van der Waals surface area contributed by atoms with Crippen molar-refractivity contribution in [3.63, 3.8) is 0 Å². The second kappa shape index (κ2) is 9.00. The maximum Gasteiger partial charge on any atom is 0.261 e. The van der Waals surface area contributed by atoms with Gasteiger partial charge in [0.25, 0.3) is 8.32 Å². The molecule has 2 fully saturated rings. The van der Waals surface area contributed by atoms with Crippen LogP contribution in [0.15, 0.2) is 72.3 Å². The molecular formula is C30H40O2Si. The van der Waals surface area contributed by atoms with Gasteiger partial charge in [-0.2, -0.15) is 0 Å². The number of carbonyl (C=O) groups is 1. The van der Waals surface area contributed by atoms with Gasteiger partial charge in [0.2, 0.25) is 0 Å². The molecule has 4 atom stereocenters. The van der Waals surface area contributed by atoms with E-state index in [2.05, 4.69) is 108 Å². The van der Waals surface area contributed by atoms with Crippen LogP contribution in [0, 0.1) is 17.3 Å². The van der Waals surface area contributed by atoms with Gasteiger partial charge in [0.15, 0.2) is 0 Å². The highest BCUT2D eigenvalue weighted by Gasteiger charge is 2.59. The van der Waals surface area contributed by atoms with Gasteiger partial charge in [0, 0.05) is 17.8 Å². The molecule has 2 aliphatic carbocycles. The van der Waals surface area contributed by atoms with Crippen molar-refractivity contribution in [1.82, 2.24) is 0 Å². The van der Waals surface area contributed by atoms with Crippen LogP contribution < -0.4 is 10.4 Å². The molecule has 0 unspecified atom stereocenters. The SMILES string of the molecule is CC(C)=C[C@@H]1CC[C@]2(C)[C@@H](O[Si](c3ccccc3)(c3ccccc3)C(C)(C)C)CCC(=O)[C@@H]12. The minimum atomic E-state index is -2.65. The maximum atomic E-state index is 13.2. The van der Waals surface area contributed by atoms with E-state index in [-0.39, 0.29) is 22.5 Å². The number of Topliss-reactive ketones (excluding diaryl/α,β-unsaturated/α-hetero) is 1. The van der Waals surface area contributed by atoms with E-state index in [0.717, 1.165) is 19.3 Å². The van der Waals surface area contributed by atoms with Crippen LogP contribution in [0.1, 0.15) is 67.2 Å². The number of rotatable bonds is 5. The molecule has 33 heavy (non-hydrogen) atoms. The Hall–Kier alpha value is -1.97. The summed E-state index contributed by atoms with van der Waals surface area (Å²) in [6.45, 7) is 13.7. The van der Waals surface area contributed by atoms with Crippen molar-refractivity contribution in [3.8, 4) is 0 Å². The Balaban J connectivity index is 1.84. The third-order valence-electron chi connectivity index (χ3n) is 8.17. The molecule has 2 aromatic rings. The number of fused-ring (bicyclic) bond motifs is 1. The summed E-state index contributed by atoms with van der Waals surface area (Å²) < 4.78 is 7.60. The quantitative estimate of drug-likeness (QED) is 0.387. The van der Waals surface area contributed by atoms with E-state index >= 15 is 0 Å². The van der Waals surface area contributed by atoms with Crippen LogP contribution >= 0.6 is 0 Å². The average molecular weight is 461 g/mol. The zero-order chi connectivity index (χ0) is 23.9. The van der Waals surface area contributed by atoms with E-state index in [1.807, 2.05) is 0 Å². The van der Waals surface area contributed by atoms with E-state index in [0.29, 0.717) is 18.1 Å². The largest absolute Gasteiger partial charge is 0.404 e. The molecule has 2 aliphatic rings. The van der Waals surface area contributed by atoms with Crippen molar-refractivity contribution >= 4 is 24.5 Å². The summed E-state index contributed by atoms with van der Waals surface area (Å²) in [6.07, 6.45) is 6.04. The van der Waals surface area contributed by atoms with Crippen molar-refractivity contribution in [2.24, 2.45) is 17.3 Å². The molecule has 2 saturated carbocycles. The minimum Gasteiger partial charge on any atom is -0.404 e. The molecular weight excluding hydrogens is 420 g/mol. The molecule has 0 spiro atoms. The van der Waals surface area contributed by atoms with E-state index in [1.165, 1.54) is 15.9 Å². The fraction of sp³-hybridized carbons (Fsp3) is 0.500. The highest BCUT2D eigenvalue weighted by atomic mass is 28.4. The van der Waals surface area contributed by atoms with Gasteiger partial charge in [-0.15, -0.1) is 0 Å². The average Bonchev–Trinajstić information content (AvgIpc) is 3.11. The van der Waals surface area contributed by atoms with Gasteiger partial charge in [0.05, 0.1) is 6.10 Å². The predicted molar refractivity (Wildman–Crippen MR) is 140 cm³/mol. The van der Waals surface area contributed by atoms with Crippen LogP contribution in [0.3, 0.4) is 0 Å². The predicted octanol–water partition coefficient (Wildman–Crippen LogP) is 6.29. The van der Waals surface area contributed by atoms with E-state index in [4.69, 9.17) is 4.43 Å². The normalized spacial score (nSPS) is 27.8. The van der Waals surface area contributed by atoms with Gasteiger partial charge >= 0.3 is 0 Å². The minimum absolute atomic E-state index is 0.0546. The van der Waals surface area contributed by atoms with Crippen molar-refractivity contribution in [2.45, 2.75) is 78.4 Å². The highest BCUT2D eigenvalue weighted by molar-refractivity contribution is 6.99. The summed E-state index contributed by atoms with van der Waals surface area (Å²) in [5.41, 5.74) is 1.20. The Bertz CT molecular complexity index is 961. The Labute approximate surface area is 201 Å². The lowest BCUT2D eigenvalue weighted by molar-refractivity contribution is -0.136. The van der Waals surface area contributed by atoms with Crippen LogP contribution in [0.25, 0.3) is 0 Å². The number of hydrogen-bond acceptors (Lipinski definition) is 2. The molecule has 0 aliphatic heterocycles. The topological polar surface area (TPSA) is 26.3 Å². The molecule has 0 bridgehead atoms. The summed E-state index contributed by atoms with van der Waals surface area (Å²) in [6, 6.07) is 21.8. The third kappa shape index (κ3) is 4.19. The molecule has 2 nitrogen and oxygen atoms in total. The lowest BCUT2D eigenvalue weighted by Gasteiger charge is -2.51. The summed E-state index contributed by atoms with van der Waals surface area (Å²) in [5, 5.41) is 2.58. The first-order chi connectivity index (χ1) is 15.6. The Morgan fingerprint density at radius 3 is 2.00 bits per heavy atom. The number of ketones is 1. The van der Waals surface area contributed by atoms with Gasteiger partial charge in [-0.05, 0) is 54.4 Å². The Kier molecular flexibility index (Phi) is 6.59. The van der Waals surface area contributed by atoms with E-state index < -0.39 is 8.32 Å². The molecule has 4 rings (SSSR count). The van der Waals surface area contributed by atoms with Gasteiger partial charge in [-0.3, -0.25) is 4.79 Å².